The molecule has 0 bridgehead atoms. The molecule has 0 aliphatic carbocycles. The zero-order valence-electron chi connectivity index (χ0n) is 15.6. The SMILES string of the molecule is COCCc1noc([C@H]2CCCN(Cc3cccc(-c4ccco4)c3)C2)n1. The highest BCUT2D eigenvalue weighted by atomic mass is 16.5. The van der Waals surface area contributed by atoms with Crippen molar-refractivity contribution in [2.24, 2.45) is 0 Å². The summed E-state index contributed by atoms with van der Waals surface area (Å²) in [6.45, 7) is 3.56. The fourth-order valence-corrected chi connectivity index (χ4v) is 3.65. The third-order valence-corrected chi connectivity index (χ3v) is 5.01. The van der Waals surface area contributed by atoms with Crippen LogP contribution in [-0.2, 0) is 17.7 Å². The second-order valence-corrected chi connectivity index (χ2v) is 7.04. The van der Waals surface area contributed by atoms with E-state index in [4.69, 9.17) is 13.7 Å². The molecule has 27 heavy (non-hydrogen) atoms. The lowest BCUT2D eigenvalue weighted by Crippen LogP contribution is -2.34. The molecule has 2 aromatic heterocycles. The first kappa shape index (κ1) is 17.9. The van der Waals surface area contributed by atoms with Gasteiger partial charge in [-0.05, 0) is 43.1 Å². The fraction of sp³-hybridized carbons (Fsp3) is 0.429. The van der Waals surface area contributed by atoms with E-state index in [1.165, 1.54) is 5.56 Å². The zero-order chi connectivity index (χ0) is 18.5. The van der Waals surface area contributed by atoms with Crippen LogP contribution in [0.1, 0.15) is 36.0 Å². The van der Waals surface area contributed by atoms with Crippen LogP contribution in [0.5, 0.6) is 0 Å². The Morgan fingerprint density at radius 2 is 2.22 bits per heavy atom. The first-order valence-electron chi connectivity index (χ1n) is 9.48. The van der Waals surface area contributed by atoms with Crippen LogP contribution in [0.3, 0.4) is 0 Å². The van der Waals surface area contributed by atoms with Crippen molar-refractivity contribution in [3.05, 3.63) is 59.9 Å². The fourth-order valence-electron chi connectivity index (χ4n) is 3.65. The second kappa shape index (κ2) is 8.50. The molecule has 3 heterocycles. The van der Waals surface area contributed by atoms with Crippen LogP contribution in [0.15, 0.2) is 51.6 Å². The molecule has 4 rings (SSSR count). The summed E-state index contributed by atoms with van der Waals surface area (Å²) >= 11 is 0. The smallest absolute Gasteiger partial charge is 0.231 e. The molecular formula is C21H25N3O3. The molecule has 1 saturated heterocycles. The highest BCUT2D eigenvalue weighted by Gasteiger charge is 2.26. The molecule has 0 radical (unpaired) electrons. The van der Waals surface area contributed by atoms with Crippen molar-refractivity contribution < 1.29 is 13.7 Å². The highest BCUT2D eigenvalue weighted by Crippen LogP contribution is 2.28. The molecule has 0 saturated carbocycles. The van der Waals surface area contributed by atoms with Crippen molar-refractivity contribution in [1.82, 2.24) is 15.0 Å². The summed E-state index contributed by atoms with van der Waals surface area (Å²) in [6.07, 6.45) is 4.63. The van der Waals surface area contributed by atoms with Crippen LogP contribution in [0, 0.1) is 0 Å². The van der Waals surface area contributed by atoms with Gasteiger partial charge in [0.2, 0.25) is 5.89 Å². The minimum Gasteiger partial charge on any atom is -0.464 e. The molecule has 3 aromatic rings. The standard InChI is InChI=1S/C21H25N3O3/c1-25-12-9-20-22-21(27-23-20)18-7-3-10-24(15-18)14-16-5-2-6-17(13-16)19-8-4-11-26-19/h2,4-6,8,11,13,18H,3,7,9-10,12,14-15H2,1H3/t18-/m0/s1. The predicted octanol–water partition coefficient (Wildman–Crippen LogP) is 3.90. The number of rotatable bonds is 7. The topological polar surface area (TPSA) is 64.5 Å². The quantitative estimate of drug-likeness (QED) is 0.631. The Hall–Kier alpha value is -2.44. The van der Waals surface area contributed by atoms with Gasteiger partial charge in [0.15, 0.2) is 5.82 Å². The van der Waals surface area contributed by atoms with E-state index in [0.29, 0.717) is 18.9 Å². The summed E-state index contributed by atoms with van der Waals surface area (Å²) in [5, 5.41) is 4.08. The molecule has 1 fully saturated rings. The number of piperidine rings is 1. The average molecular weight is 367 g/mol. The molecule has 1 aliphatic rings. The Balaban J connectivity index is 1.40. The van der Waals surface area contributed by atoms with E-state index in [1.54, 1.807) is 13.4 Å². The van der Waals surface area contributed by atoms with Gasteiger partial charge in [-0.2, -0.15) is 4.98 Å². The van der Waals surface area contributed by atoms with Crippen molar-refractivity contribution in [3.8, 4) is 11.3 Å². The molecule has 0 amide bonds. The predicted molar refractivity (Wildman–Crippen MR) is 101 cm³/mol. The molecule has 6 nitrogen and oxygen atoms in total. The van der Waals surface area contributed by atoms with Crippen LogP contribution in [0.4, 0.5) is 0 Å². The van der Waals surface area contributed by atoms with Crippen LogP contribution >= 0.6 is 0 Å². The molecular weight excluding hydrogens is 342 g/mol. The summed E-state index contributed by atoms with van der Waals surface area (Å²) in [5.41, 5.74) is 2.40. The van der Waals surface area contributed by atoms with Crippen molar-refractivity contribution in [2.75, 3.05) is 26.8 Å². The molecule has 6 heteroatoms. The zero-order valence-corrected chi connectivity index (χ0v) is 15.6. The first-order valence-corrected chi connectivity index (χ1v) is 9.48. The maximum Gasteiger partial charge on any atom is 0.231 e. The van der Waals surface area contributed by atoms with Crippen LogP contribution < -0.4 is 0 Å². The molecule has 0 unspecified atom stereocenters. The van der Waals surface area contributed by atoms with E-state index in [-0.39, 0.29) is 0 Å². The van der Waals surface area contributed by atoms with Gasteiger partial charge >= 0.3 is 0 Å². The largest absolute Gasteiger partial charge is 0.464 e. The number of furan rings is 1. The minimum atomic E-state index is 0.302. The van der Waals surface area contributed by atoms with Gasteiger partial charge in [0.25, 0.3) is 0 Å². The Morgan fingerprint density at radius 1 is 1.26 bits per heavy atom. The van der Waals surface area contributed by atoms with E-state index in [2.05, 4.69) is 39.3 Å². The van der Waals surface area contributed by atoms with Gasteiger partial charge in [0.05, 0.1) is 18.8 Å². The number of aromatic nitrogens is 2. The van der Waals surface area contributed by atoms with Crippen molar-refractivity contribution >= 4 is 0 Å². The van der Waals surface area contributed by atoms with E-state index >= 15 is 0 Å². The van der Waals surface area contributed by atoms with Gasteiger partial charge in [-0.3, -0.25) is 4.90 Å². The van der Waals surface area contributed by atoms with E-state index < -0.39 is 0 Å². The number of benzene rings is 1. The summed E-state index contributed by atoms with van der Waals surface area (Å²) < 4.78 is 16.1. The lowest BCUT2D eigenvalue weighted by Gasteiger charge is -2.31. The summed E-state index contributed by atoms with van der Waals surface area (Å²) in [7, 11) is 1.68. The average Bonchev–Trinajstić information content (AvgIpc) is 3.39. The lowest BCUT2D eigenvalue weighted by molar-refractivity contribution is 0.180. The Labute approximate surface area is 159 Å². The van der Waals surface area contributed by atoms with Crippen molar-refractivity contribution in [3.63, 3.8) is 0 Å². The number of ether oxygens (including phenoxy) is 1. The third kappa shape index (κ3) is 4.46. The van der Waals surface area contributed by atoms with Gasteiger partial charge in [0.1, 0.15) is 5.76 Å². The van der Waals surface area contributed by atoms with Crippen LogP contribution in [-0.4, -0.2) is 41.8 Å². The van der Waals surface area contributed by atoms with Gasteiger partial charge in [0, 0.05) is 32.2 Å². The molecule has 0 spiro atoms. The Morgan fingerprint density at radius 3 is 3.07 bits per heavy atom. The van der Waals surface area contributed by atoms with Gasteiger partial charge in [-0.25, -0.2) is 0 Å². The summed E-state index contributed by atoms with van der Waals surface area (Å²) in [6, 6.07) is 12.5. The van der Waals surface area contributed by atoms with Crippen molar-refractivity contribution in [2.45, 2.75) is 31.7 Å². The second-order valence-electron chi connectivity index (χ2n) is 7.04. The molecule has 142 valence electrons. The number of nitrogens with zero attached hydrogens (tertiary/aromatic N) is 3. The molecule has 0 N–H and O–H groups in total. The highest BCUT2D eigenvalue weighted by molar-refractivity contribution is 5.58. The minimum absolute atomic E-state index is 0.302. The number of hydrogen-bond acceptors (Lipinski definition) is 6. The molecule has 1 atom stereocenters. The normalized spacial score (nSPS) is 18.0. The number of methoxy groups -OCH3 is 1. The third-order valence-electron chi connectivity index (χ3n) is 5.01. The monoisotopic (exact) mass is 367 g/mol. The van der Waals surface area contributed by atoms with E-state index in [0.717, 1.165) is 55.5 Å². The van der Waals surface area contributed by atoms with Crippen molar-refractivity contribution in [1.29, 1.82) is 0 Å². The molecule has 1 aliphatic heterocycles. The van der Waals surface area contributed by atoms with Crippen LogP contribution in [0.2, 0.25) is 0 Å². The summed E-state index contributed by atoms with van der Waals surface area (Å²) in [5.74, 6) is 2.70. The van der Waals surface area contributed by atoms with Gasteiger partial charge in [-0.1, -0.05) is 23.4 Å². The summed E-state index contributed by atoms with van der Waals surface area (Å²) in [4.78, 5) is 7.03. The van der Waals surface area contributed by atoms with Crippen LogP contribution in [0.25, 0.3) is 11.3 Å². The van der Waals surface area contributed by atoms with Gasteiger partial charge < -0.3 is 13.7 Å². The number of likely N-dealkylation sites (tertiary alicyclic amines) is 1. The molecule has 1 aromatic carbocycles. The number of hydrogen-bond donors (Lipinski definition) is 0. The maximum atomic E-state index is 5.52. The maximum absolute atomic E-state index is 5.52. The Kier molecular flexibility index (Phi) is 5.65. The van der Waals surface area contributed by atoms with E-state index in [1.807, 2.05) is 12.1 Å². The first-order chi connectivity index (χ1) is 13.3. The van der Waals surface area contributed by atoms with Gasteiger partial charge in [-0.15, -0.1) is 0 Å². The van der Waals surface area contributed by atoms with E-state index in [9.17, 15) is 0 Å². The Bertz CT molecular complexity index is 844. The lowest BCUT2D eigenvalue weighted by atomic mass is 9.97.